The third-order valence-corrected chi connectivity index (χ3v) is 3.17. The molecule has 0 aliphatic rings. The van der Waals surface area contributed by atoms with Crippen molar-refractivity contribution in [2.24, 2.45) is 0 Å². The van der Waals surface area contributed by atoms with Crippen LogP contribution in [0.4, 0.5) is 0 Å². The molecule has 0 fully saturated rings. The molecule has 0 saturated heterocycles. The normalized spacial score (nSPS) is 10.3. The Hall–Kier alpha value is -0.600. The van der Waals surface area contributed by atoms with Crippen molar-refractivity contribution in [2.75, 3.05) is 0 Å². The van der Waals surface area contributed by atoms with E-state index in [1.54, 1.807) is 22.7 Å². The quantitative estimate of drug-likeness (QED) is 0.626. The first-order valence-electron chi connectivity index (χ1n) is 3.30. The van der Waals surface area contributed by atoms with E-state index in [0.717, 1.165) is 4.88 Å². The first kappa shape index (κ1) is 7.07. The van der Waals surface area contributed by atoms with Gasteiger partial charge in [0.05, 0.1) is 0 Å². The molecule has 2 heteroatoms. The van der Waals surface area contributed by atoms with Gasteiger partial charge in [0.15, 0.2) is 0 Å². The fourth-order valence-electron chi connectivity index (χ4n) is 0.953. The summed E-state index contributed by atoms with van der Waals surface area (Å²) >= 11 is 3.47. The Morgan fingerprint density at radius 1 is 1.27 bits per heavy atom. The molecule has 0 saturated carbocycles. The summed E-state index contributed by atoms with van der Waals surface area (Å²) in [6, 6.07) is 6.32. The van der Waals surface area contributed by atoms with Crippen molar-refractivity contribution in [3.05, 3.63) is 40.8 Å². The van der Waals surface area contributed by atoms with Gasteiger partial charge in [0.25, 0.3) is 0 Å². The van der Waals surface area contributed by atoms with Gasteiger partial charge in [-0.15, -0.1) is 22.7 Å². The second-order valence-corrected chi connectivity index (χ2v) is 4.22. The Labute approximate surface area is 74.1 Å². The molecular formula is C9H7S2. The number of hydrogen-bond acceptors (Lipinski definition) is 2. The van der Waals surface area contributed by atoms with Crippen LogP contribution >= 0.6 is 22.7 Å². The number of rotatable bonds is 1. The molecule has 2 aromatic heterocycles. The highest BCUT2D eigenvalue weighted by Crippen LogP contribution is 2.28. The van der Waals surface area contributed by atoms with E-state index < -0.39 is 0 Å². The minimum Gasteiger partial charge on any atom is -0.148 e. The molecule has 0 nitrogen and oxygen atoms in total. The van der Waals surface area contributed by atoms with E-state index in [9.17, 15) is 0 Å². The van der Waals surface area contributed by atoms with Crippen molar-refractivity contribution in [2.45, 2.75) is 0 Å². The third-order valence-electron chi connectivity index (χ3n) is 1.46. The van der Waals surface area contributed by atoms with Crippen molar-refractivity contribution in [3.8, 4) is 10.4 Å². The zero-order valence-corrected chi connectivity index (χ0v) is 7.54. The molecule has 2 aromatic rings. The van der Waals surface area contributed by atoms with Gasteiger partial charge in [-0.05, 0) is 29.8 Å². The van der Waals surface area contributed by atoms with E-state index in [1.165, 1.54) is 10.4 Å². The van der Waals surface area contributed by atoms with Gasteiger partial charge in [0.1, 0.15) is 0 Å². The van der Waals surface area contributed by atoms with Crippen molar-refractivity contribution in [1.82, 2.24) is 0 Å². The number of thiophene rings is 2. The van der Waals surface area contributed by atoms with Gasteiger partial charge < -0.3 is 0 Å². The zero-order chi connectivity index (χ0) is 7.68. The lowest BCUT2D eigenvalue weighted by Gasteiger charge is -1.86. The summed E-state index contributed by atoms with van der Waals surface area (Å²) in [5.74, 6) is 0. The first-order chi connectivity index (χ1) is 5.36. The Morgan fingerprint density at radius 2 is 2.18 bits per heavy atom. The summed E-state index contributed by atoms with van der Waals surface area (Å²) in [7, 11) is 0. The van der Waals surface area contributed by atoms with Crippen LogP contribution in [-0.4, -0.2) is 0 Å². The van der Waals surface area contributed by atoms with Gasteiger partial charge in [-0.3, -0.25) is 0 Å². The van der Waals surface area contributed by atoms with Crippen molar-refractivity contribution >= 4 is 22.7 Å². The van der Waals surface area contributed by atoms with Crippen molar-refractivity contribution < 1.29 is 0 Å². The zero-order valence-electron chi connectivity index (χ0n) is 5.91. The molecule has 11 heavy (non-hydrogen) atoms. The molecule has 1 radical (unpaired) electrons. The third kappa shape index (κ3) is 1.37. The average Bonchev–Trinajstić information content (AvgIpc) is 2.55. The lowest BCUT2D eigenvalue weighted by molar-refractivity contribution is 1.84. The summed E-state index contributed by atoms with van der Waals surface area (Å²) in [5.41, 5.74) is 1.30. The summed E-state index contributed by atoms with van der Waals surface area (Å²) in [5, 5.41) is 4.24. The molecule has 0 bridgehead atoms. The fraction of sp³-hybridized carbons (Fsp3) is 0. The number of hydrogen-bond donors (Lipinski definition) is 0. The minimum absolute atomic E-state index is 1.13. The van der Waals surface area contributed by atoms with Gasteiger partial charge in [-0.1, -0.05) is 6.07 Å². The van der Waals surface area contributed by atoms with Crippen LogP contribution in [0.5, 0.6) is 0 Å². The summed E-state index contributed by atoms with van der Waals surface area (Å²) in [6.07, 6.45) is 0. The standard InChI is InChI=1S/C9H7S2/c1-7-5-8(6-11-7)9-3-2-4-10-9/h2-6H,1H2. The predicted octanol–water partition coefficient (Wildman–Crippen LogP) is 3.66. The molecular weight excluding hydrogens is 172 g/mol. The van der Waals surface area contributed by atoms with Crippen LogP contribution < -0.4 is 0 Å². The van der Waals surface area contributed by atoms with Crippen LogP contribution in [0, 0.1) is 6.92 Å². The molecule has 2 rings (SSSR count). The molecule has 0 N–H and O–H groups in total. The molecule has 0 atom stereocenters. The van der Waals surface area contributed by atoms with Crippen LogP contribution in [-0.2, 0) is 0 Å². The predicted molar refractivity (Wildman–Crippen MR) is 52.1 cm³/mol. The lowest BCUT2D eigenvalue weighted by atomic mass is 10.3. The monoisotopic (exact) mass is 179 g/mol. The molecule has 0 aromatic carbocycles. The Bertz CT molecular complexity index is 330. The van der Waals surface area contributed by atoms with Gasteiger partial charge in [-0.2, -0.15) is 0 Å². The maximum absolute atomic E-state index is 3.87. The Kier molecular flexibility index (Phi) is 1.80. The van der Waals surface area contributed by atoms with Crippen molar-refractivity contribution in [1.29, 1.82) is 0 Å². The van der Waals surface area contributed by atoms with E-state index in [2.05, 4.69) is 35.9 Å². The maximum Gasteiger partial charge on any atom is 0.0351 e. The molecule has 0 aliphatic carbocycles. The van der Waals surface area contributed by atoms with E-state index in [4.69, 9.17) is 0 Å². The van der Waals surface area contributed by atoms with E-state index in [0.29, 0.717) is 0 Å². The van der Waals surface area contributed by atoms with E-state index >= 15 is 0 Å². The Morgan fingerprint density at radius 3 is 2.73 bits per heavy atom. The minimum atomic E-state index is 1.13. The van der Waals surface area contributed by atoms with Crippen LogP contribution in [0.15, 0.2) is 29.0 Å². The van der Waals surface area contributed by atoms with Gasteiger partial charge >= 0.3 is 0 Å². The van der Waals surface area contributed by atoms with Gasteiger partial charge in [0.2, 0.25) is 0 Å². The molecule has 2 heterocycles. The van der Waals surface area contributed by atoms with Crippen molar-refractivity contribution in [3.63, 3.8) is 0 Å². The van der Waals surface area contributed by atoms with Crippen LogP contribution in [0.1, 0.15) is 4.88 Å². The summed E-state index contributed by atoms with van der Waals surface area (Å²) in [6.45, 7) is 3.87. The molecule has 0 amide bonds. The lowest BCUT2D eigenvalue weighted by Crippen LogP contribution is -1.60. The highest BCUT2D eigenvalue weighted by Gasteiger charge is 1.99. The van der Waals surface area contributed by atoms with Crippen LogP contribution in [0.2, 0.25) is 0 Å². The average molecular weight is 179 g/mol. The molecule has 55 valence electrons. The Balaban J connectivity index is 2.45. The highest BCUT2D eigenvalue weighted by atomic mass is 32.1. The van der Waals surface area contributed by atoms with Gasteiger partial charge in [0, 0.05) is 15.3 Å². The fourth-order valence-corrected chi connectivity index (χ4v) is 2.41. The van der Waals surface area contributed by atoms with E-state index in [-0.39, 0.29) is 0 Å². The maximum atomic E-state index is 3.87. The smallest absolute Gasteiger partial charge is 0.0351 e. The van der Waals surface area contributed by atoms with Gasteiger partial charge in [-0.25, -0.2) is 0 Å². The summed E-state index contributed by atoms with van der Waals surface area (Å²) < 4.78 is 0. The molecule has 0 aliphatic heterocycles. The first-order valence-corrected chi connectivity index (χ1v) is 5.06. The second kappa shape index (κ2) is 2.80. The second-order valence-electron chi connectivity index (χ2n) is 2.28. The largest absolute Gasteiger partial charge is 0.148 e. The molecule has 0 unspecified atom stereocenters. The van der Waals surface area contributed by atoms with Crippen LogP contribution in [0.3, 0.4) is 0 Å². The SMILES string of the molecule is [CH2]c1cc(-c2cccs2)cs1. The summed E-state index contributed by atoms with van der Waals surface area (Å²) in [4.78, 5) is 2.46. The topological polar surface area (TPSA) is 0 Å². The van der Waals surface area contributed by atoms with Crippen LogP contribution in [0.25, 0.3) is 10.4 Å². The highest BCUT2D eigenvalue weighted by molar-refractivity contribution is 7.14. The molecule has 0 spiro atoms. The van der Waals surface area contributed by atoms with E-state index in [1.807, 2.05) is 0 Å².